The van der Waals surface area contributed by atoms with Crippen LogP contribution in [0.1, 0.15) is 31.2 Å². The number of carbonyl (C=O) groups is 1. The molecule has 24 heavy (non-hydrogen) atoms. The number of nitrogens with one attached hydrogen (secondary N) is 1. The van der Waals surface area contributed by atoms with Crippen LogP contribution in [-0.4, -0.2) is 28.3 Å². The molecule has 0 saturated heterocycles. The number of benzene rings is 1. The van der Waals surface area contributed by atoms with E-state index < -0.39 is 0 Å². The lowest BCUT2D eigenvalue weighted by molar-refractivity contribution is -0.121. The van der Waals surface area contributed by atoms with Crippen molar-refractivity contribution in [3.8, 4) is 5.69 Å². The van der Waals surface area contributed by atoms with Gasteiger partial charge in [0.15, 0.2) is 0 Å². The molecule has 0 radical (unpaired) electrons. The molecule has 0 spiro atoms. The lowest BCUT2D eigenvalue weighted by atomic mass is 9.84. The number of nitrogens with zero attached hydrogens (tertiary/aromatic N) is 2. The lowest BCUT2D eigenvalue weighted by Gasteiger charge is -2.31. The average Bonchev–Trinajstić information content (AvgIpc) is 3.04. The number of para-hydroxylation sites is 1. The first kappa shape index (κ1) is 18.5. The Hall–Kier alpha value is -1.85. The zero-order valence-corrected chi connectivity index (χ0v) is 14.5. The zero-order chi connectivity index (χ0) is 16.1. The predicted molar refractivity (Wildman–Crippen MR) is 97.5 cm³/mol. The van der Waals surface area contributed by atoms with Crippen LogP contribution in [0.3, 0.4) is 0 Å². The van der Waals surface area contributed by atoms with E-state index in [1.807, 2.05) is 36.5 Å². The summed E-state index contributed by atoms with van der Waals surface area (Å²) in [5, 5.41) is 7.50. The second-order valence-electron chi connectivity index (χ2n) is 6.26. The fourth-order valence-corrected chi connectivity index (χ4v) is 3.30. The lowest BCUT2D eigenvalue weighted by Crippen LogP contribution is -2.45. The molecule has 2 aromatic rings. The van der Waals surface area contributed by atoms with Gasteiger partial charge >= 0.3 is 0 Å². The monoisotopic (exact) mass is 348 g/mol. The highest BCUT2D eigenvalue weighted by atomic mass is 35.5. The molecule has 1 aromatic carbocycles. The molecule has 2 unspecified atom stereocenters. The molecule has 2 atom stereocenters. The fourth-order valence-electron chi connectivity index (χ4n) is 3.30. The maximum absolute atomic E-state index is 12.3. The summed E-state index contributed by atoms with van der Waals surface area (Å²) in [7, 11) is 0. The van der Waals surface area contributed by atoms with Crippen LogP contribution >= 0.6 is 12.4 Å². The highest BCUT2D eigenvalue weighted by Gasteiger charge is 2.25. The maximum Gasteiger partial charge on any atom is 0.224 e. The van der Waals surface area contributed by atoms with E-state index in [1.165, 1.54) is 12.8 Å². The number of hydrogen-bond donors (Lipinski definition) is 2. The summed E-state index contributed by atoms with van der Waals surface area (Å²) in [5.74, 6) is 0.475. The van der Waals surface area contributed by atoms with Crippen LogP contribution in [0.25, 0.3) is 5.69 Å². The van der Waals surface area contributed by atoms with Crippen molar-refractivity contribution in [1.29, 1.82) is 0 Å². The normalized spacial score (nSPS) is 20.2. The largest absolute Gasteiger partial charge is 0.353 e. The molecular weight excluding hydrogens is 324 g/mol. The number of hydrogen-bond acceptors (Lipinski definition) is 3. The van der Waals surface area contributed by atoms with E-state index in [2.05, 4.69) is 10.4 Å². The maximum atomic E-state index is 12.3. The van der Waals surface area contributed by atoms with Crippen LogP contribution in [0, 0.1) is 5.92 Å². The summed E-state index contributed by atoms with van der Waals surface area (Å²) in [4.78, 5) is 12.3. The summed E-state index contributed by atoms with van der Waals surface area (Å²) in [6.07, 6.45) is 8.58. The van der Waals surface area contributed by atoms with Crippen LogP contribution in [0.2, 0.25) is 0 Å². The molecular formula is C18H25ClN4O. The molecule has 5 nitrogen and oxygen atoms in total. The van der Waals surface area contributed by atoms with Gasteiger partial charge in [0.25, 0.3) is 0 Å². The van der Waals surface area contributed by atoms with Crippen molar-refractivity contribution in [2.75, 3.05) is 6.54 Å². The number of nitrogens with two attached hydrogens (primary N) is 1. The second kappa shape index (κ2) is 8.85. The Balaban J connectivity index is 0.00000208. The van der Waals surface area contributed by atoms with E-state index in [9.17, 15) is 4.79 Å². The highest BCUT2D eigenvalue weighted by Crippen LogP contribution is 2.23. The van der Waals surface area contributed by atoms with E-state index in [-0.39, 0.29) is 24.4 Å². The van der Waals surface area contributed by atoms with Gasteiger partial charge in [0.1, 0.15) is 0 Å². The van der Waals surface area contributed by atoms with E-state index in [4.69, 9.17) is 5.73 Å². The van der Waals surface area contributed by atoms with Crippen molar-refractivity contribution in [2.24, 2.45) is 11.7 Å². The first-order valence-electron chi connectivity index (χ1n) is 8.34. The molecule has 1 fully saturated rings. The van der Waals surface area contributed by atoms with E-state index in [0.717, 1.165) is 24.1 Å². The Kier molecular flexibility index (Phi) is 6.82. The molecule has 130 valence electrons. The summed E-state index contributed by atoms with van der Waals surface area (Å²) >= 11 is 0. The summed E-state index contributed by atoms with van der Waals surface area (Å²) in [6, 6.07) is 10.1. The van der Waals surface area contributed by atoms with Gasteiger partial charge in [-0.1, -0.05) is 31.0 Å². The van der Waals surface area contributed by atoms with E-state index in [0.29, 0.717) is 18.9 Å². The van der Waals surface area contributed by atoms with Crippen molar-refractivity contribution in [2.45, 2.75) is 38.1 Å². The van der Waals surface area contributed by atoms with Gasteiger partial charge in [0.2, 0.25) is 5.91 Å². The van der Waals surface area contributed by atoms with Crippen molar-refractivity contribution in [3.05, 3.63) is 48.3 Å². The second-order valence-corrected chi connectivity index (χ2v) is 6.26. The highest BCUT2D eigenvalue weighted by molar-refractivity contribution is 5.85. The van der Waals surface area contributed by atoms with Gasteiger partial charge in [-0.3, -0.25) is 4.79 Å². The third-order valence-electron chi connectivity index (χ3n) is 4.58. The van der Waals surface area contributed by atoms with Crippen LogP contribution < -0.4 is 11.1 Å². The molecule has 6 heteroatoms. The first-order chi connectivity index (χ1) is 11.3. The van der Waals surface area contributed by atoms with Gasteiger partial charge in [-0.25, -0.2) is 4.68 Å². The zero-order valence-electron chi connectivity index (χ0n) is 13.7. The van der Waals surface area contributed by atoms with Gasteiger partial charge in [0.05, 0.1) is 18.3 Å². The van der Waals surface area contributed by atoms with Gasteiger partial charge in [0, 0.05) is 12.2 Å². The smallest absolute Gasteiger partial charge is 0.224 e. The van der Waals surface area contributed by atoms with Crippen molar-refractivity contribution >= 4 is 18.3 Å². The SMILES string of the molecule is Cl.NCC1CCCCC1NC(=O)Cc1cnn(-c2ccccc2)c1. The summed E-state index contributed by atoms with van der Waals surface area (Å²) in [5.41, 5.74) is 7.74. The van der Waals surface area contributed by atoms with E-state index >= 15 is 0 Å². The number of carbonyl (C=O) groups excluding carboxylic acids is 1. The topological polar surface area (TPSA) is 72.9 Å². The van der Waals surface area contributed by atoms with Gasteiger partial charge < -0.3 is 11.1 Å². The van der Waals surface area contributed by atoms with Crippen molar-refractivity contribution in [1.82, 2.24) is 15.1 Å². The van der Waals surface area contributed by atoms with Crippen molar-refractivity contribution in [3.63, 3.8) is 0 Å². The molecule has 1 aliphatic rings. The summed E-state index contributed by atoms with van der Waals surface area (Å²) < 4.78 is 1.80. The number of rotatable bonds is 5. The van der Waals surface area contributed by atoms with E-state index in [1.54, 1.807) is 10.9 Å². The molecule has 3 N–H and O–H groups in total. The summed E-state index contributed by atoms with van der Waals surface area (Å²) in [6.45, 7) is 0.650. The number of aromatic nitrogens is 2. The van der Waals surface area contributed by atoms with Gasteiger partial charge in [-0.05, 0) is 43.0 Å². The molecule has 0 aliphatic heterocycles. The van der Waals surface area contributed by atoms with Crippen LogP contribution in [0.5, 0.6) is 0 Å². The van der Waals surface area contributed by atoms with Crippen LogP contribution in [0.15, 0.2) is 42.7 Å². The molecule has 3 rings (SSSR count). The van der Waals surface area contributed by atoms with Gasteiger partial charge in [-0.2, -0.15) is 5.10 Å². The molecule has 0 bridgehead atoms. The minimum atomic E-state index is 0. The Labute approximate surface area is 149 Å². The average molecular weight is 349 g/mol. The standard InChI is InChI=1S/C18H24N4O.ClH/c19-11-15-6-4-5-9-17(15)21-18(23)10-14-12-20-22(13-14)16-7-2-1-3-8-16;/h1-3,7-8,12-13,15,17H,4-6,9-11,19H2,(H,21,23);1H. The van der Waals surface area contributed by atoms with Crippen molar-refractivity contribution < 1.29 is 4.79 Å². The molecule has 1 amide bonds. The number of amides is 1. The predicted octanol–water partition coefficient (Wildman–Crippen LogP) is 2.47. The number of halogens is 1. The molecule has 1 aliphatic carbocycles. The fraction of sp³-hybridized carbons (Fsp3) is 0.444. The van der Waals surface area contributed by atoms with Crippen LogP contribution in [-0.2, 0) is 11.2 Å². The Morgan fingerprint density at radius 3 is 2.75 bits per heavy atom. The molecule has 1 heterocycles. The van der Waals surface area contributed by atoms with Gasteiger partial charge in [-0.15, -0.1) is 12.4 Å². The Morgan fingerprint density at radius 2 is 2.00 bits per heavy atom. The minimum absolute atomic E-state index is 0. The first-order valence-corrected chi connectivity index (χ1v) is 8.34. The Bertz CT molecular complexity index is 643. The van der Waals surface area contributed by atoms with Crippen LogP contribution in [0.4, 0.5) is 0 Å². The minimum Gasteiger partial charge on any atom is -0.353 e. The Morgan fingerprint density at radius 1 is 1.25 bits per heavy atom. The quantitative estimate of drug-likeness (QED) is 0.871. The third-order valence-corrected chi connectivity index (χ3v) is 4.58. The molecule has 1 saturated carbocycles. The molecule has 1 aromatic heterocycles. The third kappa shape index (κ3) is 4.58.